The van der Waals surface area contributed by atoms with Crippen molar-refractivity contribution < 1.29 is 60.6 Å². The zero-order valence-electron chi connectivity index (χ0n) is 14.4. The highest BCUT2D eigenvalue weighted by Gasteiger charge is 2.44. The van der Waals surface area contributed by atoms with E-state index in [2.05, 4.69) is 18.1 Å². The summed E-state index contributed by atoms with van der Waals surface area (Å²) in [7, 11) is -16.8. The van der Waals surface area contributed by atoms with Crippen LogP contribution in [0.15, 0.2) is 29.0 Å². The summed E-state index contributed by atoms with van der Waals surface area (Å²) in [4.78, 5) is 50.7. The Morgan fingerprint density at radius 2 is 1.87 bits per heavy atom. The molecule has 5 atom stereocenters. The van der Waals surface area contributed by atoms with Gasteiger partial charge in [-0.1, -0.05) is 0 Å². The van der Waals surface area contributed by atoms with Crippen molar-refractivity contribution in [3.63, 3.8) is 0 Å². The van der Waals surface area contributed by atoms with Gasteiger partial charge in [0.1, 0.15) is 18.0 Å². The monoisotopic (exact) mass is 497 g/mol. The predicted molar refractivity (Wildman–Crippen MR) is 91.8 cm³/mol. The van der Waals surface area contributed by atoms with E-state index in [4.69, 9.17) is 25.2 Å². The molecule has 16 nitrogen and oxygen atoms in total. The topological polar surface area (TPSA) is 250 Å². The summed E-state index contributed by atoms with van der Waals surface area (Å²) >= 11 is 0. The van der Waals surface area contributed by atoms with Gasteiger partial charge in [-0.2, -0.15) is 13.6 Å². The predicted octanol–water partition coefficient (Wildman–Crippen LogP) is -0.720. The third-order valence-electron chi connectivity index (χ3n) is 3.33. The third kappa shape index (κ3) is 6.59. The summed E-state index contributed by atoms with van der Waals surface area (Å²) in [6.07, 6.45) is -3.94. The fourth-order valence-corrected chi connectivity index (χ4v) is 5.26. The molecule has 1 aromatic heterocycles. The number of hydrogen-bond donors (Lipinski definition) is 6. The van der Waals surface area contributed by atoms with Crippen molar-refractivity contribution in [3.05, 3.63) is 34.7 Å². The minimum absolute atomic E-state index is 0.0804. The number of phosphoric ester groups is 1. The van der Waals surface area contributed by atoms with Crippen LogP contribution in [0.4, 0.5) is 10.2 Å². The fourth-order valence-electron chi connectivity index (χ4n) is 2.23. The van der Waals surface area contributed by atoms with Gasteiger partial charge in [-0.05, 0) is 6.07 Å². The Bertz CT molecular complexity index is 1020. The van der Waals surface area contributed by atoms with Crippen molar-refractivity contribution in [1.29, 1.82) is 0 Å². The van der Waals surface area contributed by atoms with Gasteiger partial charge >= 0.3 is 29.2 Å². The molecular weight excluding hydrogens is 482 g/mol. The first kappa shape index (κ1) is 24.9. The Morgan fingerprint density at radius 3 is 2.40 bits per heavy atom. The van der Waals surface area contributed by atoms with E-state index in [1.165, 1.54) is 6.07 Å². The first-order chi connectivity index (χ1) is 13.6. The minimum Gasteiger partial charge on any atom is -0.386 e. The minimum atomic E-state index is -5.74. The number of nitrogens with two attached hydrogens (primary N) is 1. The van der Waals surface area contributed by atoms with E-state index in [9.17, 15) is 32.9 Å². The lowest BCUT2D eigenvalue weighted by Crippen LogP contribution is -2.28. The van der Waals surface area contributed by atoms with Crippen LogP contribution in [0.5, 0.6) is 0 Å². The normalized spacial score (nSPS) is 27.7. The van der Waals surface area contributed by atoms with Crippen molar-refractivity contribution in [2.75, 3.05) is 12.3 Å². The second kappa shape index (κ2) is 9.04. The Kier molecular flexibility index (Phi) is 7.52. The van der Waals surface area contributed by atoms with E-state index in [0.29, 0.717) is 0 Å². The number of halogens is 1. The lowest BCUT2D eigenvalue weighted by atomic mass is 10.1. The van der Waals surface area contributed by atoms with Crippen molar-refractivity contribution >= 4 is 29.3 Å². The van der Waals surface area contributed by atoms with Crippen LogP contribution in [-0.2, 0) is 31.6 Å². The van der Waals surface area contributed by atoms with Gasteiger partial charge in [0.05, 0.1) is 12.9 Å². The molecule has 0 saturated carbocycles. The summed E-state index contributed by atoms with van der Waals surface area (Å²) < 4.78 is 64.1. The number of aliphatic hydroxyl groups is 1. The smallest absolute Gasteiger partial charge is 0.386 e. The Hall–Kier alpha value is -1.32. The Labute approximate surface area is 165 Å². The van der Waals surface area contributed by atoms with Gasteiger partial charge in [0.15, 0.2) is 6.23 Å². The molecule has 0 bridgehead atoms. The molecule has 0 aromatic carbocycles. The number of nitrogens with zero attached hydrogens (tertiary/aromatic N) is 2. The van der Waals surface area contributed by atoms with Crippen molar-refractivity contribution in [1.82, 2.24) is 9.55 Å². The number of nitrogen functional groups attached to an aromatic ring is 1. The maximum Gasteiger partial charge on any atom is 0.490 e. The second-order valence-electron chi connectivity index (χ2n) is 5.51. The second-order valence-corrected chi connectivity index (χ2v) is 9.93. The summed E-state index contributed by atoms with van der Waals surface area (Å²) in [6.45, 7) is -1.06. The van der Waals surface area contributed by atoms with Gasteiger partial charge < -0.3 is 35.2 Å². The quantitative estimate of drug-likeness (QED) is 0.242. The zero-order chi connectivity index (χ0) is 22.9. The van der Waals surface area contributed by atoms with Crippen LogP contribution >= 0.6 is 23.5 Å². The zero-order valence-corrected chi connectivity index (χ0v) is 17.0. The fraction of sp³-hybridized carbons (Fsp3) is 0.400. The van der Waals surface area contributed by atoms with E-state index in [-0.39, 0.29) is 12.1 Å². The molecule has 20 heteroatoms. The summed E-state index contributed by atoms with van der Waals surface area (Å²) in [5.74, 6) is -0.148. The number of anilines is 1. The van der Waals surface area contributed by atoms with E-state index in [1.54, 1.807) is 0 Å². The summed E-state index contributed by atoms with van der Waals surface area (Å²) in [5, 5.41) is 10.1. The summed E-state index contributed by atoms with van der Waals surface area (Å²) in [5.41, 5.74) is 3.86. The van der Waals surface area contributed by atoms with Gasteiger partial charge in [0.2, 0.25) is 0 Å². The number of ether oxygens (including phenoxy) is 1. The Morgan fingerprint density at radius 1 is 1.23 bits per heavy atom. The molecule has 1 aliphatic heterocycles. The van der Waals surface area contributed by atoms with E-state index in [0.717, 1.165) is 10.8 Å². The number of aliphatic hydroxyl groups excluding tert-OH is 1. The van der Waals surface area contributed by atoms with E-state index in [1.807, 2.05) is 0 Å². The van der Waals surface area contributed by atoms with E-state index < -0.39 is 59.8 Å². The van der Waals surface area contributed by atoms with Crippen LogP contribution in [0.3, 0.4) is 0 Å². The lowest BCUT2D eigenvalue weighted by Gasteiger charge is -2.19. The van der Waals surface area contributed by atoms with Crippen LogP contribution < -0.4 is 11.4 Å². The molecule has 7 N–H and O–H groups in total. The van der Waals surface area contributed by atoms with Crippen LogP contribution in [0.25, 0.3) is 0 Å². The number of hydrogen-bond acceptors (Lipinski definition) is 11. The standard InChI is InChI=1S/C10H15FN3O13P3/c11-3-5-8(15)6(25-9(5)14-2-1-7(12)13-10(14)16)4-24-29(20,21)27-30(22,23)26-28(17,18)19/h1-3,6,8-9,15H,4H2,(H,20,21)(H,22,23)(H2,12,13,16)(H2,17,18,19)/b5-3-/t6-,8+,9-/m1/s1. The molecule has 1 aliphatic rings. The van der Waals surface area contributed by atoms with Gasteiger partial charge in [-0.3, -0.25) is 9.09 Å². The summed E-state index contributed by atoms with van der Waals surface area (Å²) in [6, 6.07) is 1.17. The SMILES string of the molecule is Nc1ccn([C@@H]2O[C@H](COP(=O)(O)OP(=O)(O)OP(=O)(O)O)[C@@H](O)/C2=C/F)c(=O)n1. The molecule has 1 aromatic rings. The highest BCUT2D eigenvalue weighted by Crippen LogP contribution is 2.66. The highest BCUT2D eigenvalue weighted by molar-refractivity contribution is 7.66. The molecule has 1 saturated heterocycles. The molecule has 0 radical (unpaired) electrons. The first-order valence-corrected chi connectivity index (χ1v) is 11.9. The van der Waals surface area contributed by atoms with E-state index >= 15 is 0 Å². The molecule has 2 rings (SSSR count). The number of aromatic nitrogens is 2. The molecule has 170 valence electrons. The average Bonchev–Trinajstić information content (AvgIpc) is 2.85. The lowest BCUT2D eigenvalue weighted by molar-refractivity contribution is -0.0438. The molecule has 30 heavy (non-hydrogen) atoms. The first-order valence-electron chi connectivity index (χ1n) is 7.41. The maximum atomic E-state index is 13.2. The van der Waals surface area contributed by atoms with Gasteiger partial charge in [0, 0.05) is 11.8 Å². The van der Waals surface area contributed by atoms with Crippen molar-refractivity contribution in [2.45, 2.75) is 18.4 Å². The van der Waals surface area contributed by atoms with Gasteiger partial charge in [-0.25, -0.2) is 22.9 Å². The van der Waals surface area contributed by atoms with Crippen LogP contribution in [0.2, 0.25) is 0 Å². The number of rotatable bonds is 8. The molecule has 0 aliphatic carbocycles. The third-order valence-corrected chi connectivity index (χ3v) is 7.13. The van der Waals surface area contributed by atoms with Crippen LogP contribution in [0.1, 0.15) is 6.23 Å². The molecular formula is C10H15FN3O13P3. The maximum absolute atomic E-state index is 13.2. The number of phosphoric acid groups is 3. The molecule has 2 heterocycles. The highest BCUT2D eigenvalue weighted by atomic mass is 31.3. The van der Waals surface area contributed by atoms with Crippen molar-refractivity contribution in [3.8, 4) is 0 Å². The molecule has 2 unspecified atom stereocenters. The molecule has 0 amide bonds. The van der Waals surface area contributed by atoms with Crippen LogP contribution in [0, 0.1) is 0 Å². The Balaban J connectivity index is 2.12. The molecule has 1 fully saturated rings. The van der Waals surface area contributed by atoms with Crippen LogP contribution in [-0.4, -0.2) is 53.0 Å². The molecule has 0 spiro atoms. The van der Waals surface area contributed by atoms with Gasteiger partial charge in [0.25, 0.3) is 0 Å². The largest absolute Gasteiger partial charge is 0.490 e. The van der Waals surface area contributed by atoms with Crippen molar-refractivity contribution in [2.24, 2.45) is 0 Å². The van der Waals surface area contributed by atoms with Gasteiger partial charge in [-0.15, -0.1) is 0 Å². The average molecular weight is 497 g/mol.